The molecule has 4 rings (SSSR count). The first-order valence-electron chi connectivity index (χ1n) is 10.4. The van der Waals surface area contributed by atoms with Gasteiger partial charge >= 0.3 is 189 Å². The first-order chi connectivity index (χ1) is 13.6. The fourth-order valence-electron chi connectivity index (χ4n) is 4.23. The Hall–Kier alpha value is 1.05. The molecule has 0 saturated heterocycles. The minimum absolute atomic E-state index is 0. The van der Waals surface area contributed by atoms with E-state index >= 15 is 0 Å². The van der Waals surface area contributed by atoms with E-state index in [1.165, 1.54) is 25.7 Å². The molecule has 0 atom stereocenters. The van der Waals surface area contributed by atoms with Gasteiger partial charge < -0.3 is 0 Å². The molecule has 0 N–H and O–H groups in total. The molecule has 0 saturated carbocycles. The molecule has 0 spiro atoms. The van der Waals surface area contributed by atoms with Gasteiger partial charge in [0.1, 0.15) is 0 Å². The van der Waals surface area contributed by atoms with Crippen LogP contribution in [-0.2, 0) is 40.1 Å². The van der Waals surface area contributed by atoms with E-state index in [-0.39, 0.29) is 45.0 Å². The van der Waals surface area contributed by atoms with Gasteiger partial charge in [0.15, 0.2) is 0 Å². The van der Waals surface area contributed by atoms with Crippen molar-refractivity contribution in [1.82, 2.24) is 0 Å². The average molecular weight is 895 g/mol. The SMILES string of the molecule is Br.Br.C[Si](C)=[Hf]([C]1=CC=CC1)[C]1=CC=CC1.C[Si](C)=[Hf]([C]1=CC=CC1)[C]1=CC=CC1. The van der Waals surface area contributed by atoms with Crippen molar-refractivity contribution in [2.24, 2.45) is 0 Å². The van der Waals surface area contributed by atoms with Crippen molar-refractivity contribution in [2.45, 2.75) is 51.9 Å². The van der Waals surface area contributed by atoms with Gasteiger partial charge in [0.2, 0.25) is 0 Å². The van der Waals surface area contributed by atoms with Gasteiger partial charge in [0.25, 0.3) is 0 Å². The fourth-order valence-corrected chi connectivity index (χ4v) is 51.9. The number of hydrogen-bond donors (Lipinski definition) is 0. The van der Waals surface area contributed by atoms with Crippen LogP contribution in [0.4, 0.5) is 0 Å². The van der Waals surface area contributed by atoms with Crippen LogP contribution in [0.2, 0.25) is 26.2 Å². The van der Waals surface area contributed by atoms with E-state index in [9.17, 15) is 0 Å². The van der Waals surface area contributed by atoms with E-state index in [2.05, 4.69) is 99.1 Å². The molecule has 0 heterocycles. The van der Waals surface area contributed by atoms with Gasteiger partial charge in [0, 0.05) is 0 Å². The summed E-state index contributed by atoms with van der Waals surface area (Å²) in [6, 6.07) is 0. The summed E-state index contributed by atoms with van der Waals surface area (Å²) in [5.74, 6) is 0. The van der Waals surface area contributed by atoms with Crippen molar-refractivity contribution in [3.8, 4) is 0 Å². The normalized spacial score (nSPS) is 17.2. The average Bonchev–Trinajstić information content (AvgIpc) is 3.46. The Morgan fingerprint density at radius 2 is 0.733 bits per heavy atom. The summed E-state index contributed by atoms with van der Waals surface area (Å²) >= 11 is -3.01. The molecule has 0 aliphatic heterocycles. The number of hydrogen-bond acceptors (Lipinski definition) is 0. The quantitative estimate of drug-likeness (QED) is 0.250. The zero-order valence-electron chi connectivity index (χ0n) is 18.6. The predicted octanol–water partition coefficient (Wildman–Crippen LogP) is 8.24. The van der Waals surface area contributed by atoms with Crippen LogP contribution in [0.25, 0.3) is 0 Å². The van der Waals surface area contributed by atoms with E-state index in [0.29, 0.717) is 0 Å². The molecule has 4 aliphatic rings. The standard InChI is InChI=1S/4C5H5.2C2H6Si.2BrH.2Hf/c4*1-2-4-5-3-1;2*1-3-2;;;;/h4*1-3H,4H2;2*1-2H3;2*1H;;. The number of halogens is 2. The predicted molar refractivity (Wildman–Crippen MR) is 143 cm³/mol. The van der Waals surface area contributed by atoms with E-state index < -0.39 is 40.1 Å². The summed E-state index contributed by atoms with van der Waals surface area (Å²) in [6.45, 7) is 10.1. The van der Waals surface area contributed by atoms with Crippen molar-refractivity contribution in [1.29, 1.82) is 0 Å². The topological polar surface area (TPSA) is 0 Å². The second-order valence-corrected chi connectivity index (χ2v) is 56.4. The summed E-state index contributed by atoms with van der Waals surface area (Å²) in [5, 5.41) is 0. The van der Waals surface area contributed by atoms with Gasteiger partial charge in [-0.3, -0.25) is 0 Å². The third-order valence-corrected chi connectivity index (χ3v) is 54.0. The summed E-state index contributed by atoms with van der Waals surface area (Å²) < 4.78 is 7.40. The van der Waals surface area contributed by atoms with Gasteiger partial charge in [-0.15, -0.1) is 34.0 Å². The first-order valence-corrected chi connectivity index (χ1v) is 33.3. The third kappa shape index (κ3) is 8.12. The molecule has 6 heteroatoms. The third-order valence-electron chi connectivity index (χ3n) is 5.37. The van der Waals surface area contributed by atoms with E-state index in [1.54, 1.807) is 0 Å². The summed E-state index contributed by atoms with van der Waals surface area (Å²) in [5.41, 5.74) is -0.0850. The number of rotatable bonds is 4. The molecule has 0 bridgehead atoms. The fraction of sp³-hybridized carbons (Fsp3) is 0.333. The van der Waals surface area contributed by atoms with Gasteiger partial charge in [-0.2, -0.15) is 0 Å². The van der Waals surface area contributed by atoms with Crippen molar-refractivity contribution >= 4 is 45.0 Å². The van der Waals surface area contributed by atoms with Gasteiger partial charge in [0.05, 0.1) is 0 Å². The van der Waals surface area contributed by atoms with Crippen LogP contribution in [0.1, 0.15) is 25.7 Å². The molecule has 0 aromatic heterocycles. The van der Waals surface area contributed by atoms with Crippen molar-refractivity contribution in [2.75, 3.05) is 0 Å². The molecule has 0 amide bonds. The molecule has 160 valence electrons. The first kappa shape index (κ1) is 29.1. The molecule has 0 aromatic carbocycles. The Kier molecular flexibility index (Phi) is 14.6. The Morgan fingerprint density at radius 1 is 0.500 bits per heavy atom. The summed E-state index contributed by atoms with van der Waals surface area (Å²) in [6.07, 6.45) is 33.1. The van der Waals surface area contributed by atoms with Crippen molar-refractivity contribution in [3.63, 3.8) is 0 Å². The van der Waals surface area contributed by atoms with Crippen LogP contribution in [-0.4, -0.2) is 11.0 Å². The second-order valence-electron chi connectivity index (χ2n) is 8.05. The number of allylic oxidation sites excluding steroid dienone is 16. The Labute approximate surface area is 220 Å². The molecule has 0 unspecified atom stereocenters. The molecule has 0 radical (unpaired) electrons. The molecule has 0 nitrogen and oxygen atoms in total. The molecule has 30 heavy (non-hydrogen) atoms. The van der Waals surface area contributed by atoms with Crippen LogP contribution >= 0.6 is 34.0 Å². The Balaban J connectivity index is 0.000000281. The Bertz CT molecular complexity index is 806. The van der Waals surface area contributed by atoms with Crippen LogP contribution in [0.3, 0.4) is 0 Å². The van der Waals surface area contributed by atoms with Crippen LogP contribution < -0.4 is 0 Å². The molecular weight excluding hydrogens is 861 g/mol. The van der Waals surface area contributed by atoms with Crippen LogP contribution in [0, 0.1) is 0 Å². The van der Waals surface area contributed by atoms with E-state index in [1.807, 2.05) is 13.3 Å². The van der Waals surface area contributed by atoms with Gasteiger partial charge in [-0.1, -0.05) is 0 Å². The van der Waals surface area contributed by atoms with E-state index in [0.717, 1.165) is 0 Å². The summed E-state index contributed by atoms with van der Waals surface area (Å²) in [7, 11) is 0. The molecule has 0 aromatic rings. The van der Waals surface area contributed by atoms with Gasteiger partial charge in [-0.25, -0.2) is 0 Å². The van der Waals surface area contributed by atoms with Crippen molar-refractivity contribution < 1.29 is 40.1 Å². The maximum absolute atomic E-state index is 2.52. The van der Waals surface area contributed by atoms with Gasteiger partial charge in [-0.05, 0) is 0 Å². The second kappa shape index (κ2) is 15.1. The zero-order valence-corrected chi connectivity index (χ0v) is 31.2. The Morgan fingerprint density at radius 3 is 0.867 bits per heavy atom. The molecule has 0 fully saturated rings. The monoisotopic (exact) mass is 896 g/mol. The van der Waals surface area contributed by atoms with E-state index in [4.69, 9.17) is 0 Å². The maximum atomic E-state index is 2.52. The van der Waals surface area contributed by atoms with Crippen LogP contribution in [0.5, 0.6) is 0 Å². The zero-order chi connectivity index (χ0) is 19.9. The van der Waals surface area contributed by atoms with Crippen LogP contribution in [0.15, 0.2) is 86.2 Å². The molecular formula is C24H34Br2Hf2Si2. The van der Waals surface area contributed by atoms with Crippen molar-refractivity contribution in [3.05, 3.63) is 86.2 Å². The summed E-state index contributed by atoms with van der Waals surface area (Å²) in [4.78, 5) is 0. The molecule has 4 aliphatic carbocycles. The minimum atomic E-state index is -1.50.